The molecular weight excluding hydrogens is 254 g/mol. The summed E-state index contributed by atoms with van der Waals surface area (Å²) in [6, 6.07) is 2.02. The fourth-order valence-electron chi connectivity index (χ4n) is 1.17. The molecule has 0 unspecified atom stereocenters. The first kappa shape index (κ1) is 10.6. The first-order valence-corrected chi connectivity index (χ1v) is 6.34. The highest BCUT2D eigenvalue weighted by molar-refractivity contribution is 8.22. The maximum atomic E-state index is 9.03. The molecule has 0 fully saturated rings. The second kappa shape index (κ2) is 4.33. The largest absolute Gasteiger partial charge is 0.392 e. The molecule has 0 spiro atoms. The lowest BCUT2D eigenvalue weighted by molar-refractivity contribution is 0.281. The van der Waals surface area contributed by atoms with Crippen LogP contribution in [0.3, 0.4) is 0 Å². The van der Waals surface area contributed by atoms with Gasteiger partial charge in [0.15, 0.2) is 4.34 Å². The van der Waals surface area contributed by atoms with Gasteiger partial charge in [0, 0.05) is 22.7 Å². The molecule has 2 aromatic rings. The third kappa shape index (κ3) is 1.79. The highest BCUT2D eigenvalue weighted by Crippen LogP contribution is 2.32. The lowest BCUT2D eigenvalue weighted by Gasteiger charge is -1.97. The highest BCUT2D eigenvalue weighted by Gasteiger charge is 2.13. The smallest absolute Gasteiger partial charge is 0.168 e. The lowest BCUT2D eigenvalue weighted by Crippen LogP contribution is -1.92. The van der Waals surface area contributed by atoms with Gasteiger partial charge in [-0.2, -0.15) is 5.26 Å². The Balaban J connectivity index is 2.76. The fourth-order valence-corrected chi connectivity index (χ4v) is 2.70. The Morgan fingerprint density at radius 2 is 2.47 bits per heavy atom. The van der Waals surface area contributed by atoms with E-state index in [2.05, 4.69) is 9.97 Å². The van der Waals surface area contributed by atoms with E-state index in [1.807, 2.05) is 6.07 Å². The van der Waals surface area contributed by atoms with Gasteiger partial charge in [-0.05, 0) is 10.7 Å². The van der Waals surface area contributed by atoms with Crippen molar-refractivity contribution in [3.63, 3.8) is 0 Å². The highest BCUT2D eigenvalue weighted by atomic mass is 35.7. The first-order valence-electron chi connectivity index (χ1n) is 3.88. The number of fused-ring (bicyclic) bond motifs is 1. The zero-order chi connectivity index (χ0) is 10.8. The maximum absolute atomic E-state index is 9.03. The number of aromatic nitrogens is 2. The van der Waals surface area contributed by atoms with Gasteiger partial charge in [-0.1, -0.05) is 11.3 Å². The molecule has 0 amide bonds. The Morgan fingerprint density at radius 1 is 1.67 bits per heavy atom. The SMILES string of the molecule is N#Cc1c(CO)cnc2sc(SCl)nc12. The van der Waals surface area contributed by atoms with E-state index in [4.69, 9.17) is 21.1 Å². The Labute approximate surface area is 98.0 Å². The molecule has 15 heavy (non-hydrogen) atoms. The van der Waals surface area contributed by atoms with E-state index in [0.717, 1.165) is 11.0 Å². The van der Waals surface area contributed by atoms with Gasteiger partial charge in [-0.25, -0.2) is 9.97 Å². The number of hydrogen-bond acceptors (Lipinski definition) is 6. The van der Waals surface area contributed by atoms with Crippen LogP contribution < -0.4 is 0 Å². The first-order chi connectivity index (χ1) is 7.30. The van der Waals surface area contributed by atoms with Crippen molar-refractivity contribution in [3.05, 3.63) is 17.3 Å². The van der Waals surface area contributed by atoms with Gasteiger partial charge in [-0.3, -0.25) is 0 Å². The number of aliphatic hydroxyl groups excluding tert-OH is 1. The fraction of sp³-hybridized carbons (Fsp3) is 0.125. The predicted molar refractivity (Wildman–Crippen MR) is 59.8 cm³/mol. The van der Waals surface area contributed by atoms with Gasteiger partial charge in [0.05, 0.1) is 12.2 Å². The molecule has 0 atom stereocenters. The van der Waals surface area contributed by atoms with E-state index in [0.29, 0.717) is 25.8 Å². The molecule has 7 heteroatoms. The topological polar surface area (TPSA) is 69.8 Å². The lowest BCUT2D eigenvalue weighted by atomic mass is 10.1. The third-order valence-electron chi connectivity index (χ3n) is 1.83. The number of aliphatic hydroxyl groups is 1. The monoisotopic (exact) mass is 257 g/mol. The summed E-state index contributed by atoms with van der Waals surface area (Å²) in [7, 11) is 6.57. The Kier molecular flexibility index (Phi) is 3.07. The van der Waals surface area contributed by atoms with Gasteiger partial charge < -0.3 is 5.11 Å². The molecule has 0 aromatic carbocycles. The summed E-state index contributed by atoms with van der Waals surface area (Å²) in [6.45, 7) is -0.216. The number of nitriles is 1. The number of thiazole rings is 1. The van der Waals surface area contributed by atoms with E-state index < -0.39 is 0 Å². The molecule has 0 bridgehead atoms. The molecule has 0 saturated carbocycles. The molecule has 2 heterocycles. The molecule has 2 aromatic heterocycles. The van der Waals surface area contributed by atoms with Gasteiger partial charge >= 0.3 is 0 Å². The van der Waals surface area contributed by atoms with Gasteiger partial charge in [0.2, 0.25) is 0 Å². The van der Waals surface area contributed by atoms with Crippen LogP contribution in [0, 0.1) is 11.3 Å². The van der Waals surface area contributed by atoms with Crippen molar-refractivity contribution in [1.29, 1.82) is 5.26 Å². The minimum Gasteiger partial charge on any atom is -0.392 e. The Bertz CT molecular complexity index is 549. The molecule has 1 N–H and O–H groups in total. The number of pyridine rings is 1. The zero-order valence-electron chi connectivity index (χ0n) is 7.27. The summed E-state index contributed by atoms with van der Waals surface area (Å²) < 4.78 is 0.644. The van der Waals surface area contributed by atoms with Crippen LogP contribution in [0.4, 0.5) is 0 Å². The van der Waals surface area contributed by atoms with E-state index in [-0.39, 0.29) is 6.61 Å². The molecule has 0 aliphatic heterocycles. The summed E-state index contributed by atoms with van der Waals surface area (Å²) in [4.78, 5) is 8.93. The minimum atomic E-state index is -0.216. The quantitative estimate of drug-likeness (QED) is 0.894. The van der Waals surface area contributed by atoms with Crippen LogP contribution in [-0.2, 0) is 6.61 Å². The second-order valence-corrected chi connectivity index (χ2v) is 4.88. The molecule has 0 aliphatic rings. The van der Waals surface area contributed by atoms with E-state index in [9.17, 15) is 0 Å². The van der Waals surface area contributed by atoms with Crippen LogP contribution >= 0.6 is 33.0 Å². The molecular formula is C8H4ClN3OS2. The summed E-state index contributed by atoms with van der Waals surface area (Å²) in [6.07, 6.45) is 1.49. The minimum absolute atomic E-state index is 0.216. The summed E-state index contributed by atoms with van der Waals surface area (Å²) in [5.41, 5.74) is 1.37. The number of rotatable bonds is 2. The van der Waals surface area contributed by atoms with Crippen LogP contribution in [-0.4, -0.2) is 15.1 Å². The third-order valence-corrected chi connectivity index (χ3v) is 4.03. The van der Waals surface area contributed by atoms with Crippen molar-refractivity contribution in [2.75, 3.05) is 0 Å². The Morgan fingerprint density at radius 3 is 3.07 bits per heavy atom. The zero-order valence-corrected chi connectivity index (χ0v) is 9.66. The summed E-state index contributed by atoms with van der Waals surface area (Å²) in [5.74, 6) is 0. The van der Waals surface area contributed by atoms with Crippen LogP contribution in [0.1, 0.15) is 11.1 Å². The average molecular weight is 258 g/mol. The van der Waals surface area contributed by atoms with Gasteiger partial charge in [0.25, 0.3) is 0 Å². The summed E-state index contributed by atoms with van der Waals surface area (Å²) >= 11 is 1.32. The number of nitrogens with zero attached hydrogens (tertiary/aromatic N) is 3. The normalized spacial score (nSPS) is 10.5. The number of halogens is 1. The van der Waals surface area contributed by atoms with Crippen molar-refractivity contribution in [1.82, 2.24) is 9.97 Å². The standard InChI is InChI=1S/C8H4ClN3OS2/c9-15-8-12-6-5(1-10)4(3-13)2-11-7(6)14-8/h2,13H,3H2. The van der Waals surface area contributed by atoms with Crippen molar-refractivity contribution in [3.8, 4) is 6.07 Å². The van der Waals surface area contributed by atoms with Crippen molar-refractivity contribution in [2.45, 2.75) is 10.9 Å². The van der Waals surface area contributed by atoms with Crippen molar-refractivity contribution < 1.29 is 5.11 Å². The molecule has 0 aliphatic carbocycles. The summed E-state index contributed by atoms with van der Waals surface area (Å²) in [5, 5.41) is 18.0. The van der Waals surface area contributed by atoms with E-state index >= 15 is 0 Å². The van der Waals surface area contributed by atoms with Crippen LogP contribution in [0.5, 0.6) is 0 Å². The van der Waals surface area contributed by atoms with Crippen LogP contribution in [0.15, 0.2) is 10.5 Å². The predicted octanol–water partition coefficient (Wildman–Crippen LogP) is 2.30. The van der Waals surface area contributed by atoms with E-state index in [1.165, 1.54) is 17.5 Å². The van der Waals surface area contributed by atoms with Crippen molar-refractivity contribution >= 4 is 43.3 Å². The second-order valence-electron chi connectivity index (χ2n) is 2.64. The van der Waals surface area contributed by atoms with Crippen LogP contribution in [0.25, 0.3) is 10.3 Å². The van der Waals surface area contributed by atoms with E-state index in [1.54, 1.807) is 0 Å². The molecule has 0 radical (unpaired) electrons. The number of hydrogen-bond donors (Lipinski definition) is 1. The van der Waals surface area contributed by atoms with Gasteiger partial charge in [0.1, 0.15) is 16.4 Å². The average Bonchev–Trinajstić information content (AvgIpc) is 2.70. The molecule has 2 rings (SSSR count). The molecule has 0 saturated heterocycles. The van der Waals surface area contributed by atoms with Crippen molar-refractivity contribution in [2.24, 2.45) is 0 Å². The van der Waals surface area contributed by atoms with Gasteiger partial charge in [-0.15, -0.1) is 0 Å². The molecule has 4 nitrogen and oxygen atoms in total. The Hall–Kier alpha value is -0.870. The maximum Gasteiger partial charge on any atom is 0.168 e. The van der Waals surface area contributed by atoms with Crippen LogP contribution in [0.2, 0.25) is 0 Å². The molecule has 76 valence electrons.